The molecule has 30 heavy (non-hydrogen) atoms. The molecule has 0 aliphatic heterocycles. The summed E-state index contributed by atoms with van der Waals surface area (Å²) in [6.45, 7) is 1.80. The van der Waals surface area contributed by atoms with Gasteiger partial charge in [-0.25, -0.2) is 17.9 Å². The molecule has 0 saturated heterocycles. The van der Waals surface area contributed by atoms with Crippen molar-refractivity contribution in [2.75, 3.05) is 16.3 Å². The quantitative estimate of drug-likeness (QED) is 0.439. The van der Waals surface area contributed by atoms with Crippen molar-refractivity contribution in [3.8, 4) is 11.1 Å². The van der Waals surface area contributed by atoms with E-state index in [1.807, 2.05) is 43.3 Å². The van der Waals surface area contributed by atoms with Gasteiger partial charge in [0.05, 0.1) is 24.7 Å². The van der Waals surface area contributed by atoms with Crippen LogP contribution in [0, 0.1) is 6.92 Å². The van der Waals surface area contributed by atoms with Gasteiger partial charge in [-0.1, -0.05) is 24.3 Å². The molecule has 0 fully saturated rings. The molecule has 8 nitrogen and oxygen atoms in total. The van der Waals surface area contributed by atoms with E-state index >= 15 is 0 Å². The van der Waals surface area contributed by atoms with E-state index in [-0.39, 0.29) is 6.61 Å². The fourth-order valence-electron chi connectivity index (χ4n) is 3.14. The molecule has 0 aliphatic rings. The number of benzene rings is 2. The predicted molar refractivity (Wildman–Crippen MR) is 117 cm³/mol. The van der Waals surface area contributed by atoms with Crippen LogP contribution >= 0.6 is 0 Å². The molecule has 0 atom stereocenters. The summed E-state index contributed by atoms with van der Waals surface area (Å²) in [4.78, 5) is 4.68. The zero-order chi connectivity index (χ0) is 21.3. The zero-order valence-corrected chi connectivity index (χ0v) is 17.3. The number of rotatable bonds is 6. The molecule has 2 aromatic heterocycles. The Bertz CT molecular complexity index is 1330. The summed E-state index contributed by atoms with van der Waals surface area (Å²) >= 11 is 0. The Labute approximate surface area is 174 Å². The fourth-order valence-corrected chi connectivity index (χ4v) is 3.76. The molecular weight excluding hydrogens is 402 g/mol. The van der Waals surface area contributed by atoms with Crippen LogP contribution in [0.1, 0.15) is 11.1 Å². The van der Waals surface area contributed by atoms with Crippen LogP contribution in [0.5, 0.6) is 0 Å². The molecule has 0 bridgehead atoms. The van der Waals surface area contributed by atoms with Crippen LogP contribution in [0.4, 0.5) is 17.2 Å². The van der Waals surface area contributed by atoms with E-state index in [0.717, 1.165) is 28.5 Å². The smallest absolute Gasteiger partial charge is 0.229 e. The van der Waals surface area contributed by atoms with Crippen LogP contribution in [-0.4, -0.2) is 34.4 Å². The van der Waals surface area contributed by atoms with Crippen molar-refractivity contribution in [3.05, 3.63) is 72.1 Å². The van der Waals surface area contributed by atoms with Gasteiger partial charge in [-0.05, 0) is 47.9 Å². The summed E-state index contributed by atoms with van der Waals surface area (Å²) < 4.78 is 27.4. The molecule has 0 spiro atoms. The Kier molecular flexibility index (Phi) is 5.15. The zero-order valence-electron chi connectivity index (χ0n) is 16.5. The topological polar surface area (TPSA) is 109 Å². The number of nitrogens with one attached hydrogen (secondary N) is 2. The Morgan fingerprint density at radius 1 is 1.13 bits per heavy atom. The number of aryl methyl sites for hydroxylation is 1. The first-order valence-electron chi connectivity index (χ1n) is 9.22. The first-order valence-corrected chi connectivity index (χ1v) is 11.1. The Morgan fingerprint density at radius 3 is 2.73 bits per heavy atom. The summed E-state index contributed by atoms with van der Waals surface area (Å²) in [5.41, 5.74) is 5.26. The van der Waals surface area contributed by atoms with E-state index in [1.54, 1.807) is 29.0 Å². The Balaban J connectivity index is 1.68. The van der Waals surface area contributed by atoms with Crippen LogP contribution in [0.2, 0.25) is 0 Å². The largest absolute Gasteiger partial charge is 0.392 e. The second-order valence-corrected chi connectivity index (χ2v) is 8.78. The number of hydrogen-bond acceptors (Lipinski definition) is 6. The Hall–Kier alpha value is -3.43. The van der Waals surface area contributed by atoms with Gasteiger partial charge in [0.2, 0.25) is 10.0 Å². The molecule has 0 saturated carbocycles. The van der Waals surface area contributed by atoms with E-state index in [0.29, 0.717) is 22.8 Å². The van der Waals surface area contributed by atoms with Crippen LogP contribution in [0.15, 0.2) is 60.9 Å². The summed E-state index contributed by atoms with van der Waals surface area (Å²) in [6, 6.07) is 14.8. The molecule has 4 rings (SSSR count). The summed E-state index contributed by atoms with van der Waals surface area (Å²) in [5.74, 6) is 0.594. The number of fused-ring (bicyclic) bond motifs is 1. The molecule has 2 heterocycles. The lowest BCUT2D eigenvalue weighted by atomic mass is 10.1. The minimum atomic E-state index is -3.38. The van der Waals surface area contributed by atoms with Gasteiger partial charge in [0.15, 0.2) is 5.65 Å². The molecule has 0 aliphatic carbocycles. The van der Waals surface area contributed by atoms with Crippen molar-refractivity contribution in [2.45, 2.75) is 13.5 Å². The highest BCUT2D eigenvalue weighted by atomic mass is 32.2. The first-order chi connectivity index (χ1) is 14.3. The average Bonchev–Trinajstić information content (AvgIpc) is 3.13. The summed E-state index contributed by atoms with van der Waals surface area (Å²) in [5, 5.41) is 17.0. The lowest BCUT2D eigenvalue weighted by Gasteiger charge is -2.12. The third-order valence-corrected chi connectivity index (χ3v) is 5.19. The minimum Gasteiger partial charge on any atom is -0.392 e. The number of nitrogens with zero attached hydrogens (tertiary/aromatic N) is 3. The van der Waals surface area contributed by atoms with E-state index in [1.165, 1.54) is 0 Å². The number of aromatic nitrogens is 3. The summed E-state index contributed by atoms with van der Waals surface area (Å²) in [6.07, 6.45) is 4.66. The van der Waals surface area contributed by atoms with Crippen molar-refractivity contribution in [1.82, 2.24) is 14.6 Å². The second-order valence-electron chi connectivity index (χ2n) is 7.03. The number of hydrogen-bond donors (Lipinski definition) is 3. The number of anilines is 3. The van der Waals surface area contributed by atoms with Crippen molar-refractivity contribution in [2.24, 2.45) is 0 Å². The number of sulfonamides is 1. The van der Waals surface area contributed by atoms with Gasteiger partial charge in [-0.15, -0.1) is 0 Å². The Morgan fingerprint density at radius 2 is 1.97 bits per heavy atom. The molecule has 3 N–H and O–H groups in total. The second kappa shape index (κ2) is 7.77. The maximum absolute atomic E-state index is 11.6. The summed E-state index contributed by atoms with van der Waals surface area (Å²) in [7, 11) is -3.38. The van der Waals surface area contributed by atoms with Crippen molar-refractivity contribution in [1.29, 1.82) is 0 Å². The highest BCUT2D eigenvalue weighted by molar-refractivity contribution is 7.92. The highest BCUT2D eigenvalue weighted by Gasteiger charge is 2.11. The third kappa shape index (κ3) is 4.27. The molecule has 2 aromatic carbocycles. The van der Waals surface area contributed by atoms with E-state index < -0.39 is 10.0 Å². The van der Waals surface area contributed by atoms with Gasteiger partial charge in [0.1, 0.15) is 5.82 Å². The SMILES string of the molecule is Cc1ccc(Nc2ccn3ncc(-c4cccc(CO)c4)c3n2)cc1NS(C)(=O)=O. The highest BCUT2D eigenvalue weighted by Crippen LogP contribution is 2.27. The van der Waals surface area contributed by atoms with Crippen molar-refractivity contribution in [3.63, 3.8) is 0 Å². The third-order valence-electron chi connectivity index (χ3n) is 4.59. The predicted octanol–water partition coefficient (Wildman–Crippen LogP) is 3.31. The lowest BCUT2D eigenvalue weighted by Crippen LogP contribution is -2.10. The maximum Gasteiger partial charge on any atom is 0.229 e. The van der Waals surface area contributed by atoms with Crippen LogP contribution in [0.25, 0.3) is 16.8 Å². The van der Waals surface area contributed by atoms with Crippen molar-refractivity contribution < 1.29 is 13.5 Å². The maximum atomic E-state index is 11.6. The first kappa shape index (κ1) is 19.9. The van der Waals surface area contributed by atoms with Gasteiger partial charge < -0.3 is 10.4 Å². The van der Waals surface area contributed by atoms with Gasteiger partial charge >= 0.3 is 0 Å². The minimum absolute atomic E-state index is 0.0371. The normalized spacial score (nSPS) is 11.6. The fraction of sp³-hybridized carbons (Fsp3) is 0.143. The van der Waals surface area contributed by atoms with Crippen LogP contribution in [-0.2, 0) is 16.6 Å². The van der Waals surface area contributed by atoms with E-state index in [9.17, 15) is 13.5 Å². The monoisotopic (exact) mass is 423 g/mol. The number of aliphatic hydroxyl groups is 1. The molecule has 0 amide bonds. The lowest BCUT2D eigenvalue weighted by molar-refractivity contribution is 0.282. The standard InChI is InChI=1S/C21H21N5O3S/c1-14-6-7-17(11-19(14)25-30(2,28)29)23-20-8-9-26-21(24-20)18(12-22-26)16-5-3-4-15(10-16)13-27/h3-12,25,27H,13H2,1-2H3,(H,23,24). The average molecular weight is 423 g/mol. The van der Waals surface area contributed by atoms with Gasteiger partial charge in [0.25, 0.3) is 0 Å². The van der Waals surface area contributed by atoms with E-state index in [4.69, 9.17) is 0 Å². The molecule has 0 unspecified atom stereocenters. The van der Waals surface area contributed by atoms with Crippen LogP contribution in [0.3, 0.4) is 0 Å². The number of aliphatic hydroxyl groups excluding tert-OH is 1. The van der Waals surface area contributed by atoms with Crippen molar-refractivity contribution >= 4 is 32.9 Å². The molecule has 154 valence electrons. The molecule has 0 radical (unpaired) electrons. The van der Waals surface area contributed by atoms with Gasteiger partial charge in [-0.2, -0.15) is 5.10 Å². The molecule has 9 heteroatoms. The molecule has 4 aromatic rings. The van der Waals surface area contributed by atoms with Gasteiger partial charge in [-0.3, -0.25) is 4.72 Å². The van der Waals surface area contributed by atoms with Crippen LogP contribution < -0.4 is 10.0 Å². The van der Waals surface area contributed by atoms with E-state index in [2.05, 4.69) is 20.1 Å². The molecular formula is C21H21N5O3S. The van der Waals surface area contributed by atoms with Gasteiger partial charge in [0, 0.05) is 17.4 Å².